The van der Waals surface area contributed by atoms with E-state index in [1.807, 2.05) is 30.5 Å². The molecule has 0 amide bonds. The minimum Gasteiger partial charge on any atom is -0.280 e. The van der Waals surface area contributed by atoms with Crippen molar-refractivity contribution >= 4 is 49.8 Å². The summed E-state index contributed by atoms with van der Waals surface area (Å²) in [7, 11) is -3.72. The van der Waals surface area contributed by atoms with E-state index in [4.69, 9.17) is 11.6 Å². The Kier molecular flexibility index (Phi) is 4.53. The number of hydrogen-bond acceptors (Lipinski definition) is 3. The van der Waals surface area contributed by atoms with Gasteiger partial charge in [0.15, 0.2) is 0 Å². The fourth-order valence-electron chi connectivity index (χ4n) is 2.36. The molecule has 118 valence electrons. The first kappa shape index (κ1) is 16.2. The number of anilines is 1. The normalized spacial score (nSPS) is 11.6. The summed E-state index contributed by atoms with van der Waals surface area (Å²) in [6.07, 6.45) is 1.97. The van der Waals surface area contributed by atoms with Crippen LogP contribution in [0.25, 0.3) is 10.8 Å². The molecule has 0 atom stereocenters. The molecule has 0 radical (unpaired) electrons. The van der Waals surface area contributed by atoms with Gasteiger partial charge < -0.3 is 0 Å². The maximum Gasteiger partial charge on any atom is 0.262 e. The number of nitrogens with one attached hydrogen (secondary N) is 1. The number of rotatable bonds is 4. The van der Waals surface area contributed by atoms with Crippen LogP contribution in [0.1, 0.15) is 0 Å². The summed E-state index contributed by atoms with van der Waals surface area (Å²) < 4.78 is 28.1. The van der Waals surface area contributed by atoms with Crippen molar-refractivity contribution in [2.75, 3.05) is 11.0 Å². The molecule has 3 rings (SSSR count). The third-order valence-electron chi connectivity index (χ3n) is 3.45. The molecule has 0 unspecified atom stereocenters. The Balaban J connectivity index is 2.06. The second-order valence-corrected chi connectivity index (χ2v) is 7.87. The van der Waals surface area contributed by atoms with Crippen LogP contribution in [0.4, 0.5) is 5.69 Å². The van der Waals surface area contributed by atoms with E-state index in [2.05, 4.69) is 4.72 Å². The monoisotopic (exact) mass is 363 g/mol. The molecule has 0 aromatic heterocycles. The number of hydrogen-bond donors (Lipinski definition) is 1. The van der Waals surface area contributed by atoms with Crippen molar-refractivity contribution < 1.29 is 8.42 Å². The third kappa shape index (κ3) is 3.32. The molecule has 0 bridgehead atoms. The summed E-state index contributed by atoms with van der Waals surface area (Å²) in [6.45, 7) is 0. The highest BCUT2D eigenvalue weighted by atomic mass is 35.5. The van der Waals surface area contributed by atoms with Gasteiger partial charge in [-0.05, 0) is 48.0 Å². The molecule has 0 spiro atoms. The molecule has 3 aromatic rings. The molecule has 3 aromatic carbocycles. The van der Waals surface area contributed by atoms with Crippen molar-refractivity contribution in [3.8, 4) is 0 Å². The molecule has 0 aliphatic rings. The van der Waals surface area contributed by atoms with Crippen LogP contribution in [0.3, 0.4) is 0 Å². The van der Waals surface area contributed by atoms with E-state index >= 15 is 0 Å². The third-order valence-corrected chi connectivity index (χ3v) is 5.93. The van der Waals surface area contributed by atoms with E-state index in [0.717, 1.165) is 10.3 Å². The Labute approximate surface area is 144 Å². The Hall–Kier alpha value is -1.69. The highest BCUT2D eigenvalue weighted by molar-refractivity contribution is 7.98. The predicted molar refractivity (Wildman–Crippen MR) is 98.0 cm³/mol. The number of fused-ring (bicyclic) bond motifs is 1. The first-order valence-electron chi connectivity index (χ1n) is 6.85. The van der Waals surface area contributed by atoms with Crippen LogP contribution in [0.15, 0.2) is 70.5 Å². The second-order valence-electron chi connectivity index (χ2n) is 4.93. The largest absolute Gasteiger partial charge is 0.280 e. The zero-order valence-corrected chi connectivity index (χ0v) is 14.7. The summed E-state index contributed by atoms with van der Waals surface area (Å²) in [5.41, 5.74) is 0.520. The lowest BCUT2D eigenvalue weighted by atomic mass is 10.1. The average Bonchev–Trinajstić information content (AvgIpc) is 2.55. The van der Waals surface area contributed by atoms with Crippen molar-refractivity contribution in [1.82, 2.24) is 0 Å². The summed E-state index contributed by atoms with van der Waals surface area (Å²) in [4.78, 5) is 1.25. The average molecular weight is 364 g/mol. The van der Waals surface area contributed by atoms with Crippen molar-refractivity contribution in [2.45, 2.75) is 9.79 Å². The van der Waals surface area contributed by atoms with Gasteiger partial charge in [-0.2, -0.15) is 0 Å². The summed E-state index contributed by atoms with van der Waals surface area (Å²) in [6, 6.07) is 17.7. The van der Waals surface area contributed by atoms with Crippen LogP contribution >= 0.6 is 23.4 Å². The number of sulfonamides is 1. The fourth-order valence-corrected chi connectivity index (χ4v) is 4.41. The lowest BCUT2D eigenvalue weighted by Crippen LogP contribution is -2.13. The smallest absolute Gasteiger partial charge is 0.262 e. The summed E-state index contributed by atoms with van der Waals surface area (Å²) >= 11 is 7.82. The molecule has 1 N–H and O–H groups in total. The van der Waals surface area contributed by atoms with Crippen LogP contribution in [-0.2, 0) is 10.0 Å². The second kappa shape index (κ2) is 6.43. The van der Waals surface area contributed by atoms with Crippen molar-refractivity contribution in [2.24, 2.45) is 0 Å². The van der Waals surface area contributed by atoms with Crippen LogP contribution < -0.4 is 4.72 Å². The SMILES string of the molecule is CSc1ccc(NS(=O)(=O)c2cccc3cccc(Cl)c23)cc1. The molecular formula is C17H14ClNO2S2. The zero-order chi connectivity index (χ0) is 16.4. The van der Waals surface area contributed by atoms with Gasteiger partial charge in [0, 0.05) is 21.0 Å². The van der Waals surface area contributed by atoms with E-state index in [9.17, 15) is 8.42 Å². The lowest BCUT2D eigenvalue weighted by Gasteiger charge is -2.12. The maximum atomic E-state index is 12.7. The molecule has 0 saturated heterocycles. The molecule has 0 saturated carbocycles. The van der Waals surface area contributed by atoms with E-state index in [1.165, 1.54) is 0 Å². The van der Waals surface area contributed by atoms with E-state index < -0.39 is 10.0 Å². The summed E-state index contributed by atoms with van der Waals surface area (Å²) in [5.74, 6) is 0. The van der Waals surface area contributed by atoms with Gasteiger partial charge >= 0.3 is 0 Å². The first-order valence-corrected chi connectivity index (χ1v) is 9.94. The van der Waals surface area contributed by atoms with E-state index in [1.54, 1.807) is 48.2 Å². The number of thioether (sulfide) groups is 1. The first-order chi connectivity index (χ1) is 11.0. The predicted octanol–water partition coefficient (Wildman–Crippen LogP) is 5.02. The van der Waals surface area contributed by atoms with Crippen molar-refractivity contribution in [3.63, 3.8) is 0 Å². The van der Waals surface area contributed by atoms with E-state index in [0.29, 0.717) is 16.1 Å². The van der Waals surface area contributed by atoms with Gasteiger partial charge in [-0.1, -0.05) is 35.9 Å². The molecule has 0 aliphatic heterocycles. The highest BCUT2D eigenvalue weighted by Crippen LogP contribution is 2.31. The topological polar surface area (TPSA) is 46.2 Å². The highest BCUT2D eigenvalue weighted by Gasteiger charge is 2.19. The van der Waals surface area contributed by atoms with Crippen molar-refractivity contribution in [1.29, 1.82) is 0 Å². The Morgan fingerprint density at radius 3 is 2.26 bits per heavy atom. The van der Waals surface area contributed by atoms with Crippen LogP contribution in [-0.4, -0.2) is 14.7 Å². The van der Waals surface area contributed by atoms with Crippen LogP contribution in [0, 0.1) is 0 Å². The van der Waals surface area contributed by atoms with E-state index in [-0.39, 0.29) is 4.90 Å². The minimum absolute atomic E-state index is 0.176. The van der Waals surface area contributed by atoms with Gasteiger partial charge in [0.05, 0.1) is 4.90 Å². The molecule has 0 heterocycles. The molecule has 3 nitrogen and oxygen atoms in total. The molecule has 0 aliphatic carbocycles. The van der Waals surface area contributed by atoms with Crippen LogP contribution in [0.5, 0.6) is 0 Å². The quantitative estimate of drug-likeness (QED) is 0.662. The van der Waals surface area contributed by atoms with Gasteiger partial charge in [-0.15, -0.1) is 11.8 Å². The van der Waals surface area contributed by atoms with Gasteiger partial charge in [0.2, 0.25) is 0 Å². The number of benzene rings is 3. The van der Waals surface area contributed by atoms with Gasteiger partial charge in [0.25, 0.3) is 10.0 Å². The van der Waals surface area contributed by atoms with Crippen LogP contribution in [0.2, 0.25) is 5.02 Å². The Bertz CT molecular complexity index is 949. The maximum absolute atomic E-state index is 12.7. The van der Waals surface area contributed by atoms with Gasteiger partial charge in [-0.25, -0.2) is 8.42 Å². The van der Waals surface area contributed by atoms with Gasteiger partial charge in [-0.3, -0.25) is 4.72 Å². The summed E-state index contributed by atoms with van der Waals surface area (Å²) in [5, 5.41) is 1.74. The fraction of sp³-hybridized carbons (Fsp3) is 0.0588. The molecule has 6 heteroatoms. The zero-order valence-electron chi connectivity index (χ0n) is 12.3. The molecular weight excluding hydrogens is 350 g/mol. The van der Waals surface area contributed by atoms with Gasteiger partial charge in [0.1, 0.15) is 0 Å². The minimum atomic E-state index is -3.72. The standard InChI is InChI=1S/C17H14ClNO2S2/c1-22-14-10-8-13(9-11-14)19-23(20,21)16-7-3-5-12-4-2-6-15(18)17(12)16/h2-11,19H,1H3. The lowest BCUT2D eigenvalue weighted by molar-refractivity contribution is 0.602. The van der Waals surface area contributed by atoms with Crippen molar-refractivity contribution in [3.05, 3.63) is 65.7 Å². The Morgan fingerprint density at radius 2 is 1.61 bits per heavy atom. The molecule has 23 heavy (non-hydrogen) atoms. The molecule has 0 fully saturated rings. The Morgan fingerprint density at radius 1 is 0.957 bits per heavy atom. The number of halogens is 1.